The van der Waals surface area contributed by atoms with E-state index in [0.29, 0.717) is 40.7 Å². The van der Waals surface area contributed by atoms with Crippen molar-refractivity contribution in [1.29, 1.82) is 0 Å². The van der Waals surface area contributed by atoms with Crippen molar-refractivity contribution in [3.63, 3.8) is 0 Å². The monoisotopic (exact) mass is 406 g/mol. The minimum absolute atomic E-state index is 0.0476. The van der Waals surface area contributed by atoms with E-state index in [1.165, 1.54) is 19.2 Å². The van der Waals surface area contributed by atoms with Gasteiger partial charge in [-0.1, -0.05) is 12.1 Å². The van der Waals surface area contributed by atoms with Gasteiger partial charge in [0.25, 0.3) is 5.91 Å². The van der Waals surface area contributed by atoms with Crippen LogP contribution in [0.1, 0.15) is 17.3 Å². The zero-order chi connectivity index (χ0) is 21.1. The van der Waals surface area contributed by atoms with Gasteiger partial charge in [-0.2, -0.15) is 0 Å². The Hall–Kier alpha value is -3.94. The van der Waals surface area contributed by atoms with Crippen LogP contribution in [0.5, 0.6) is 11.6 Å². The topological polar surface area (TPSA) is 77.8 Å². The number of anilines is 1. The van der Waals surface area contributed by atoms with E-state index in [4.69, 9.17) is 9.47 Å². The van der Waals surface area contributed by atoms with E-state index in [1.54, 1.807) is 53.2 Å². The van der Waals surface area contributed by atoms with Gasteiger partial charge < -0.3 is 14.8 Å². The fraction of sp³-hybridized carbons (Fsp3) is 0.136. The van der Waals surface area contributed by atoms with E-state index in [1.807, 2.05) is 6.92 Å². The molecule has 1 amide bonds. The number of ether oxygens (including phenoxy) is 2. The first-order chi connectivity index (χ1) is 14.6. The van der Waals surface area contributed by atoms with Gasteiger partial charge in [0.2, 0.25) is 5.88 Å². The van der Waals surface area contributed by atoms with Gasteiger partial charge >= 0.3 is 0 Å². The molecule has 0 atom stereocenters. The Labute approximate surface area is 172 Å². The minimum atomic E-state index is -0.551. The maximum absolute atomic E-state index is 14.4. The molecule has 30 heavy (non-hydrogen) atoms. The van der Waals surface area contributed by atoms with E-state index in [2.05, 4.69) is 15.4 Å². The summed E-state index contributed by atoms with van der Waals surface area (Å²) in [4.78, 5) is 17.2. The summed E-state index contributed by atoms with van der Waals surface area (Å²) in [6.07, 6.45) is 1.71. The first kappa shape index (κ1) is 19.4. The third-order valence-electron chi connectivity index (χ3n) is 4.45. The number of imidazole rings is 1. The molecule has 0 aliphatic heterocycles. The Morgan fingerprint density at radius 2 is 2.00 bits per heavy atom. The third-order valence-corrected chi connectivity index (χ3v) is 4.45. The second-order valence-electron chi connectivity index (χ2n) is 6.38. The molecule has 7 nitrogen and oxygen atoms in total. The zero-order valence-electron chi connectivity index (χ0n) is 16.4. The summed E-state index contributed by atoms with van der Waals surface area (Å²) in [5.41, 5.74) is 2.21. The molecule has 0 fully saturated rings. The lowest BCUT2D eigenvalue weighted by Crippen LogP contribution is -2.14. The number of carbonyl (C=O) groups excluding carboxylic acids is 1. The van der Waals surface area contributed by atoms with Crippen molar-refractivity contribution in [1.82, 2.24) is 14.6 Å². The highest BCUT2D eigenvalue weighted by molar-refractivity contribution is 6.06. The van der Waals surface area contributed by atoms with Crippen LogP contribution in [0.2, 0.25) is 0 Å². The second-order valence-corrected chi connectivity index (χ2v) is 6.38. The largest absolute Gasteiger partial charge is 0.493 e. The van der Waals surface area contributed by atoms with Crippen LogP contribution in [0.25, 0.3) is 16.9 Å². The minimum Gasteiger partial charge on any atom is -0.493 e. The summed E-state index contributed by atoms with van der Waals surface area (Å²) in [6.45, 7) is 2.25. The Bertz CT molecular complexity index is 1220. The van der Waals surface area contributed by atoms with Gasteiger partial charge in [0, 0.05) is 11.6 Å². The number of fused-ring (bicyclic) bond motifs is 1. The number of halogens is 1. The number of amides is 1. The van der Waals surface area contributed by atoms with Crippen molar-refractivity contribution in [3.8, 4) is 22.9 Å². The number of nitrogens with one attached hydrogen (secondary N) is 1. The Balaban J connectivity index is 1.65. The van der Waals surface area contributed by atoms with Crippen LogP contribution in [-0.4, -0.2) is 34.2 Å². The summed E-state index contributed by atoms with van der Waals surface area (Å²) in [6, 6.07) is 14.7. The lowest BCUT2D eigenvalue weighted by Gasteiger charge is -2.11. The lowest BCUT2D eigenvalue weighted by molar-refractivity contribution is 0.102. The molecule has 0 unspecified atom stereocenters. The smallest absolute Gasteiger partial charge is 0.259 e. The SMILES string of the molecule is CCOc1ccccc1C(=O)Nc1cc(-c2cn3nc(OC)ccc3n2)ccc1F. The fourth-order valence-corrected chi connectivity index (χ4v) is 3.02. The second kappa shape index (κ2) is 8.20. The Kier molecular flexibility index (Phi) is 5.30. The molecule has 4 rings (SSSR count). The van der Waals surface area contributed by atoms with Crippen molar-refractivity contribution in [3.05, 3.63) is 72.2 Å². The standard InChI is InChI=1S/C22H19FN4O3/c1-3-30-19-7-5-4-6-15(19)22(28)25-17-12-14(8-9-16(17)23)18-13-27-20(24-18)10-11-21(26-27)29-2/h4-13H,3H2,1-2H3,(H,25,28). The highest BCUT2D eigenvalue weighted by Gasteiger charge is 2.15. The number of hydrogen-bond acceptors (Lipinski definition) is 5. The molecule has 0 radical (unpaired) electrons. The number of methoxy groups -OCH3 is 1. The predicted molar refractivity (Wildman–Crippen MR) is 110 cm³/mol. The summed E-state index contributed by atoms with van der Waals surface area (Å²) in [5.74, 6) is -0.123. The first-order valence-corrected chi connectivity index (χ1v) is 9.32. The van der Waals surface area contributed by atoms with Crippen LogP contribution < -0.4 is 14.8 Å². The van der Waals surface area contributed by atoms with Gasteiger partial charge in [0.05, 0.1) is 36.9 Å². The van der Waals surface area contributed by atoms with Crippen molar-refractivity contribution < 1.29 is 18.7 Å². The number of para-hydroxylation sites is 1. The molecular formula is C22H19FN4O3. The number of hydrogen-bond donors (Lipinski definition) is 1. The van der Waals surface area contributed by atoms with Crippen molar-refractivity contribution in [2.45, 2.75) is 6.92 Å². The number of carbonyl (C=O) groups is 1. The maximum atomic E-state index is 14.4. The molecule has 152 valence electrons. The fourth-order valence-electron chi connectivity index (χ4n) is 3.02. The van der Waals surface area contributed by atoms with Crippen molar-refractivity contribution in [2.75, 3.05) is 19.0 Å². The van der Waals surface area contributed by atoms with E-state index < -0.39 is 11.7 Å². The first-order valence-electron chi connectivity index (χ1n) is 9.32. The summed E-state index contributed by atoms with van der Waals surface area (Å²) in [7, 11) is 1.53. The van der Waals surface area contributed by atoms with Crippen molar-refractivity contribution in [2.24, 2.45) is 0 Å². The maximum Gasteiger partial charge on any atom is 0.259 e. The van der Waals surface area contributed by atoms with E-state index in [9.17, 15) is 9.18 Å². The molecule has 0 aliphatic rings. The van der Waals surface area contributed by atoms with Gasteiger partial charge in [-0.3, -0.25) is 4.79 Å². The molecule has 4 aromatic rings. The van der Waals surface area contributed by atoms with Gasteiger partial charge in [-0.25, -0.2) is 13.9 Å². The van der Waals surface area contributed by atoms with Crippen molar-refractivity contribution >= 4 is 17.2 Å². The van der Waals surface area contributed by atoms with Gasteiger partial charge in [-0.15, -0.1) is 5.10 Å². The number of nitrogens with zero attached hydrogens (tertiary/aromatic N) is 3. The predicted octanol–water partition coefficient (Wildman–Crippen LogP) is 4.20. The Morgan fingerprint density at radius 3 is 2.80 bits per heavy atom. The highest BCUT2D eigenvalue weighted by atomic mass is 19.1. The number of benzene rings is 2. The third kappa shape index (κ3) is 3.80. The average molecular weight is 406 g/mol. The molecule has 0 aliphatic carbocycles. The van der Waals surface area contributed by atoms with Gasteiger partial charge in [-0.05, 0) is 43.3 Å². The van der Waals surface area contributed by atoms with Crippen LogP contribution in [0, 0.1) is 5.82 Å². The van der Waals surface area contributed by atoms with E-state index >= 15 is 0 Å². The molecule has 2 aromatic carbocycles. The molecule has 2 aromatic heterocycles. The molecule has 0 spiro atoms. The summed E-state index contributed by atoms with van der Waals surface area (Å²) >= 11 is 0. The van der Waals surface area contributed by atoms with Gasteiger partial charge in [0.15, 0.2) is 5.65 Å². The molecule has 0 saturated heterocycles. The molecule has 2 heterocycles. The number of aromatic nitrogens is 3. The highest BCUT2D eigenvalue weighted by Crippen LogP contribution is 2.26. The molecule has 1 N–H and O–H groups in total. The van der Waals surface area contributed by atoms with Crippen LogP contribution >= 0.6 is 0 Å². The quantitative estimate of drug-likeness (QED) is 0.519. The lowest BCUT2D eigenvalue weighted by atomic mass is 10.1. The van der Waals surface area contributed by atoms with Crippen LogP contribution in [0.15, 0.2) is 60.8 Å². The Morgan fingerprint density at radius 1 is 1.17 bits per heavy atom. The molecule has 0 saturated carbocycles. The molecular weight excluding hydrogens is 387 g/mol. The van der Waals surface area contributed by atoms with Crippen LogP contribution in [-0.2, 0) is 0 Å². The average Bonchev–Trinajstić information content (AvgIpc) is 3.19. The molecule has 0 bridgehead atoms. The normalized spacial score (nSPS) is 10.8. The van der Waals surface area contributed by atoms with Crippen LogP contribution in [0.4, 0.5) is 10.1 Å². The molecule has 8 heteroatoms. The van der Waals surface area contributed by atoms with Gasteiger partial charge in [0.1, 0.15) is 11.6 Å². The van der Waals surface area contributed by atoms with E-state index in [-0.39, 0.29) is 5.69 Å². The van der Waals surface area contributed by atoms with Crippen LogP contribution in [0.3, 0.4) is 0 Å². The summed E-state index contributed by atoms with van der Waals surface area (Å²) < 4.78 is 26.6. The number of rotatable bonds is 6. The zero-order valence-corrected chi connectivity index (χ0v) is 16.4. The van der Waals surface area contributed by atoms with E-state index in [0.717, 1.165) is 0 Å². The summed E-state index contributed by atoms with van der Waals surface area (Å²) in [5, 5.41) is 6.89.